The van der Waals surface area contributed by atoms with Gasteiger partial charge in [-0.1, -0.05) is 20.8 Å². The zero-order valence-corrected chi connectivity index (χ0v) is 9.17. The quantitative estimate of drug-likeness (QED) is 0.683. The highest BCUT2D eigenvalue weighted by Crippen LogP contribution is 2.45. The first-order valence-electron chi connectivity index (χ1n) is 5.23. The lowest BCUT2D eigenvalue weighted by atomic mass is 9.77. The van der Waals surface area contributed by atoms with Crippen molar-refractivity contribution >= 4 is 5.82 Å². The van der Waals surface area contributed by atoms with Gasteiger partial charge >= 0.3 is 0 Å². The van der Waals surface area contributed by atoms with E-state index >= 15 is 0 Å². The van der Waals surface area contributed by atoms with Gasteiger partial charge in [-0.15, -0.1) is 0 Å². The van der Waals surface area contributed by atoms with Gasteiger partial charge in [0.15, 0.2) is 0 Å². The standard InChI is InChI=1S/C12H18N2/c1-12(2,3)10-5-4-9-8(10)6-7-14-11(9)13/h6-7,10H,4-5H2,1-3H3,(H2,13,14). The number of fused-ring (bicyclic) bond motifs is 1. The van der Waals surface area contributed by atoms with Gasteiger partial charge in [0.2, 0.25) is 0 Å². The van der Waals surface area contributed by atoms with E-state index in [0.717, 1.165) is 12.2 Å². The van der Waals surface area contributed by atoms with Crippen LogP contribution in [0, 0.1) is 5.41 Å². The summed E-state index contributed by atoms with van der Waals surface area (Å²) >= 11 is 0. The van der Waals surface area contributed by atoms with Gasteiger partial charge in [-0.25, -0.2) is 4.98 Å². The molecule has 2 nitrogen and oxygen atoms in total. The molecule has 1 heterocycles. The van der Waals surface area contributed by atoms with Crippen LogP contribution in [0.15, 0.2) is 12.3 Å². The highest BCUT2D eigenvalue weighted by molar-refractivity contribution is 5.49. The van der Waals surface area contributed by atoms with Gasteiger partial charge in [-0.3, -0.25) is 0 Å². The molecule has 1 aromatic heterocycles. The van der Waals surface area contributed by atoms with Crippen molar-refractivity contribution in [2.24, 2.45) is 5.41 Å². The van der Waals surface area contributed by atoms with E-state index in [-0.39, 0.29) is 0 Å². The number of nitrogens with zero attached hydrogens (tertiary/aromatic N) is 1. The molecular weight excluding hydrogens is 172 g/mol. The summed E-state index contributed by atoms with van der Waals surface area (Å²) in [4.78, 5) is 4.15. The number of pyridine rings is 1. The van der Waals surface area contributed by atoms with Crippen LogP contribution in [-0.2, 0) is 6.42 Å². The summed E-state index contributed by atoms with van der Waals surface area (Å²) in [6, 6.07) is 2.13. The lowest BCUT2D eigenvalue weighted by molar-refractivity contribution is 0.319. The molecule has 0 bridgehead atoms. The minimum atomic E-state index is 0.332. The Bertz CT molecular complexity index is 350. The molecule has 1 atom stereocenters. The van der Waals surface area contributed by atoms with E-state index < -0.39 is 0 Å². The van der Waals surface area contributed by atoms with Gasteiger partial charge < -0.3 is 5.73 Å². The van der Waals surface area contributed by atoms with E-state index in [1.807, 2.05) is 6.20 Å². The predicted molar refractivity (Wildman–Crippen MR) is 59.2 cm³/mol. The van der Waals surface area contributed by atoms with E-state index in [0.29, 0.717) is 11.3 Å². The van der Waals surface area contributed by atoms with Gasteiger partial charge in [-0.2, -0.15) is 0 Å². The van der Waals surface area contributed by atoms with Crippen molar-refractivity contribution in [2.45, 2.75) is 39.5 Å². The summed E-state index contributed by atoms with van der Waals surface area (Å²) in [5, 5.41) is 0. The van der Waals surface area contributed by atoms with Crippen LogP contribution in [0.5, 0.6) is 0 Å². The van der Waals surface area contributed by atoms with E-state index in [1.54, 1.807) is 0 Å². The first-order valence-corrected chi connectivity index (χ1v) is 5.23. The zero-order chi connectivity index (χ0) is 10.3. The fourth-order valence-corrected chi connectivity index (χ4v) is 2.47. The van der Waals surface area contributed by atoms with E-state index in [9.17, 15) is 0 Å². The number of anilines is 1. The second kappa shape index (κ2) is 2.97. The molecule has 2 heteroatoms. The normalized spacial score (nSPS) is 20.9. The SMILES string of the molecule is CC(C)(C)C1CCc2c1ccnc2N. The molecule has 14 heavy (non-hydrogen) atoms. The Morgan fingerprint density at radius 1 is 1.43 bits per heavy atom. The van der Waals surface area contributed by atoms with Crippen molar-refractivity contribution in [3.63, 3.8) is 0 Å². The van der Waals surface area contributed by atoms with Crippen molar-refractivity contribution < 1.29 is 0 Å². The van der Waals surface area contributed by atoms with Crippen LogP contribution in [-0.4, -0.2) is 4.98 Å². The van der Waals surface area contributed by atoms with Crippen molar-refractivity contribution in [1.82, 2.24) is 4.98 Å². The Morgan fingerprint density at radius 2 is 2.14 bits per heavy atom. The minimum Gasteiger partial charge on any atom is -0.383 e. The average Bonchev–Trinajstić information content (AvgIpc) is 2.47. The highest BCUT2D eigenvalue weighted by Gasteiger charge is 2.33. The third-order valence-corrected chi connectivity index (χ3v) is 3.23. The molecule has 0 saturated carbocycles. The second-order valence-electron chi connectivity index (χ2n) is 5.22. The molecule has 1 aromatic rings. The molecule has 0 saturated heterocycles. The maximum atomic E-state index is 5.87. The lowest BCUT2D eigenvalue weighted by Gasteiger charge is -2.27. The number of nitrogen functional groups attached to an aromatic ring is 1. The summed E-state index contributed by atoms with van der Waals surface area (Å²) in [5.41, 5.74) is 8.90. The van der Waals surface area contributed by atoms with Crippen molar-refractivity contribution in [3.8, 4) is 0 Å². The monoisotopic (exact) mass is 190 g/mol. The third-order valence-electron chi connectivity index (χ3n) is 3.23. The molecule has 0 aliphatic heterocycles. The van der Waals surface area contributed by atoms with E-state index in [2.05, 4.69) is 31.8 Å². The van der Waals surface area contributed by atoms with Crippen LogP contribution < -0.4 is 5.73 Å². The number of nitrogens with two attached hydrogens (primary N) is 1. The largest absolute Gasteiger partial charge is 0.383 e. The molecule has 0 spiro atoms. The topological polar surface area (TPSA) is 38.9 Å². The van der Waals surface area contributed by atoms with Crippen molar-refractivity contribution in [1.29, 1.82) is 0 Å². The predicted octanol–water partition coefficient (Wildman–Crippen LogP) is 2.74. The molecule has 1 aliphatic carbocycles. The molecular formula is C12H18N2. The molecule has 1 unspecified atom stereocenters. The Kier molecular flexibility index (Phi) is 2.02. The summed E-state index contributed by atoms with van der Waals surface area (Å²) in [7, 11) is 0. The fraction of sp³-hybridized carbons (Fsp3) is 0.583. The Hall–Kier alpha value is -1.05. The lowest BCUT2D eigenvalue weighted by Crippen LogP contribution is -2.15. The van der Waals surface area contributed by atoms with Gasteiger partial charge in [-0.05, 0) is 41.4 Å². The summed E-state index contributed by atoms with van der Waals surface area (Å²) in [6.07, 6.45) is 4.14. The average molecular weight is 190 g/mol. The second-order valence-corrected chi connectivity index (χ2v) is 5.22. The van der Waals surface area contributed by atoms with Crippen LogP contribution in [0.3, 0.4) is 0 Å². The zero-order valence-electron chi connectivity index (χ0n) is 9.17. The third kappa shape index (κ3) is 1.39. The fourth-order valence-electron chi connectivity index (χ4n) is 2.47. The van der Waals surface area contributed by atoms with Crippen molar-refractivity contribution in [3.05, 3.63) is 23.4 Å². The van der Waals surface area contributed by atoms with Gasteiger partial charge in [0, 0.05) is 6.20 Å². The highest BCUT2D eigenvalue weighted by atomic mass is 14.8. The van der Waals surface area contributed by atoms with Crippen LogP contribution in [0.1, 0.15) is 44.2 Å². The molecule has 0 radical (unpaired) electrons. The molecule has 76 valence electrons. The summed E-state index contributed by atoms with van der Waals surface area (Å²) in [5.74, 6) is 1.37. The molecule has 2 N–H and O–H groups in total. The van der Waals surface area contributed by atoms with Gasteiger partial charge in [0.1, 0.15) is 5.82 Å². The first kappa shape index (κ1) is 9.50. The molecule has 0 fully saturated rings. The summed E-state index contributed by atoms with van der Waals surface area (Å²) in [6.45, 7) is 6.89. The number of hydrogen-bond acceptors (Lipinski definition) is 2. The molecule has 2 rings (SSSR count). The van der Waals surface area contributed by atoms with Crippen LogP contribution in [0.25, 0.3) is 0 Å². The Morgan fingerprint density at radius 3 is 2.79 bits per heavy atom. The van der Waals surface area contributed by atoms with Crippen LogP contribution in [0.2, 0.25) is 0 Å². The smallest absolute Gasteiger partial charge is 0.126 e. The van der Waals surface area contributed by atoms with Gasteiger partial charge in [0.25, 0.3) is 0 Å². The van der Waals surface area contributed by atoms with E-state index in [4.69, 9.17) is 5.73 Å². The number of rotatable bonds is 0. The van der Waals surface area contributed by atoms with Crippen LogP contribution in [0.4, 0.5) is 5.82 Å². The first-order chi connectivity index (χ1) is 6.50. The molecule has 1 aliphatic rings. The Balaban J connectivity index is 2.45. The van der Waals surface area contributed by atoms with Crippen molar-refractivity contribution in [2.75, 3.05) is 5.73 Å². The number of aromatic nitrogens is 1. The Labute approximate surface area is 85.5 Å². The van der Waals surface area contributed by atoms with E-state index in [1.165, 1.54) is 17.5 Å². The van der Waals surface area contributed by atoms with Crippen LogP contribution >= 0.6 is 0 Å². The number of hydrogen-bond donors (Lipinski definition) is 1. The minimum absolute atomic E-state index is 0.332. The molecule has 0 amide bonds. The summed E-state index contributed by atoms with van der Waals surface area (Å²) < 4.78 is 0. The molecule has 0 aromatic carbocycles. The maximum Gasteiger partial charge on any atom is 0.126 e. The maximum absolute atomic E-state index is 5.87. The van der Waals surface area contributed by atoms with Gasteiger partial charge in [0.05, 0.1) is 0 Å².